The molecule has 1 aromatic carbocycles. The first-order chi connectivity index (χ1) is 14.1. The van der Waals surface area contributed by atoms with Gasteiger partial charge in [0.05, 0.1) is 18.8 Å². The molecule has 3 N–H and O–H groups in total. The monoisotopic (exact) mass is 394 g/mol. The molecule has 8 nitrogen and oxygen atoms in total. The molecule has 1 atom stereocenters. The Hall–Kier alpha value is -3.13. The van der Waals surface area contributed by atoms with Crippen molar-refractivity contribution in [2.75, 3.05) is 36.5 Å². The van der Waals surface area contributed by atoms with Crippen LogP contribution in [0.25, 0.3) is 0 Å². The van der Waals surface area contributed by atoms with Gasteiger partial charge in [0.1, 0.15) is 11.6 Å². The van der Waals surface area contributed by atoms with Crippen molar-refractivity contribution in [3.8, 4) is 5.75 Å². The maximum atomic E-state index is 13.2. The Kier molecular flexibility index (Phi) is 4.35. The molecule has 0 amide bonds. The van der Waals surface area contributed by atoms with E-state index in [2.05, 4.69) is 10.3 Å². The molecule has 1 aromatic heterocycles. The maximum absolute atomic E-state index is 13.2. The lowest BCUT2D eigenvalue weighted by atomic mass is 9.76. The predicted octanol–water partition coefficient (Wildman–Crippen LogP) is 1.88. The van der Waals surface area contributed by atoms with Crippen molar-refractivity contribution in [2.45, 2.75) is 25.2 Å². The Morgan fingerprint density at radius 3 is 2.79 bits per heavy atom. The van der Waals surface area contributed by atoms with E-state index in [-0.39, 0.29) is 17.1 Å². The fraction of sp³-hybridized carbons (Fsp3) is 0.381. The van der Waals surface area contributed by atoms with Gasteiger partial charge in [-0.15, -0.1) is 0 Å². The zero-order chi connectivity index (χ0) is 20.0. The van der Waals surface area contributed by atoms with E-state index in [4.69, 9.17) is 9.72 Å². The molecular weight excluding hydrogens is 372 g/mol. The van der Waals surface area contributed by atoms with Crippen LogP contribution in [0, 0.1) is 0 Å². The maximum Gasteiger partial charge on any atom is 0.258 e. The predicted molar refractivity (Wildman–Crippen MR) is 107 cm³/mol. The van der Waals surface area contributed by atoms with Crippen molar-refractivity contribution in [2.24, 2.45) is 0 Å². The van der Waals surface area contributed by atoms with Crippen LogP contribution < -0.4 is 15.8 Å². The number of Topliss-reactive ketones (excluding diaryl/α,β-unsaturated/α-hetero) is 1. The molecule has 150 valence electrons. The number of hydrogen-bond acceptors (Lipinski definition) is 7. The molecule has 29 heavy (non-hydrogen) atoms. The van der Waals surface area contributed by atoms with Crippen LogP contribution in [0.15, 0.2) is 40.3 Å². The molecule has 3 heterocycles. The van der Waals surface area contributed by atoms with Crippen molar-refractivity contribution in [3.05, 3.63) is 57.0 Å². The number of H-pyrrole nitrogens is 1. The van der Waals surface area contributed by atoms with E-state index in [9.17, 15) is 14.7 Å². The highest BCUT2D eigenvalue weighted by Gasteiger charge is 2.38. The van der Waals surface area contributed by atoms with Crippen LogP contribution in [0.1, 0.15) is 36.3 Å². The van der Waals surface area contributed by atoms with Crippen molar-refractivity contribution < 1.29 is 14.6 Å². The summed E-state index contributed by atoms with van der Waals surface area (Å²) in [4.78, 5) is 35.6. The van der Waals surface area contributed by atoms with Crippen LogP contribution in [-0.2, 0) is 9.53 Å². The van der Waals surface area contributed by atoms with Gasteiger partial charge in [-0.1, -0.05) is 12.1 Å². The number of carbonyl (C=O) groups is 1. The summed E-state index contributed by atoms with van der Waals surface area (Å²) in [6.07, 6.45) is 1.96. The first kappa shape index (κ1) is 17.9. The number of aromatic nitrogens is 2. The molecule has 8 heteroatoms. The van der Waals surface area contributed by atoms with Crippen LogP contribution in [-0.4, -0.2) is 47.2 Å². The van der Waals surface area contributed by atoms with Gasteiger partial charge in [-0.3, -0.25) is 14.6 Å². The quantitative estimate of drug-likeness (QED) is 0.714. The van der Waals surface area contributed by atoms with Crippen molar-refractivity contribution in [3.63, 3.8) is 0 Å². The number of nitrogens with zero attached hydrogens (tertiary/aromatic N) is 2. The van der Waals surface area contributed by atoms with Gasteiger partial charge in [-0.25, -0.2) is 0 Å². The molecule has 1 fully saturated rings. The summed E-state index contributed by atoms with van der Waals surface area (Å²) in [5.74, 6) is 0.579. The number of allylic oxidation sites excluding steroid dienone is 2. The Morgan fingerprint density at radius 1 is 1.17 bits per heavy atom. The van der Waals surface area contributed by atoms with E-state index in [1.807, 2.05) is 11.0 Å². The minimum Gasteiger partial charge on any atom is -0.508 e. The molecular formula is C21H22N4O4. The van der Waals surface area contributed by atoms with Crippen LogP contribution in [0.4, 0.5) is 11.8 Å². The Bertz CT molecular complexity index is 1070. The summed E-state index contributed by atoms with van der Waals surface area (Å²) in [5, 5.41) is 13.3. The number of morpholine rings is 1. The second-order valence-corrected chi connectivity index (χ2v) is 7.57. The molecule has 2 aliphatic heterocycles. The smallest absolute Gasteiger partial charge is 0.258 e. The van der Waals surface area contributed by atoms with Crippen molar-refractivity contribution in [1.29, 1.82) is 0 Å². The SMILES string of the molecule is O=C1CCCC2=C1[C@H](c1cccc(O)c1)c1c(nc(N3CCOCC3)[nH]c1=O)N2. The fourth-order valence-corrected chi connectivity index (χ4v) is 4.41. The molecule has 0 bridgehead atoms. The number of phenolic OH excluding ortho intramolecular Hbond substituents is 1. The number of phenols is 1. The standard InChI is InChI=1S/C21H22N4O4/c26-13-4-1-3-12(11-13)16-17-14(5-2-6-15(17)27)22-19-18(16)20(28)24-21(23-19)25-7-9-29-10-8-25/h1,3-4,11,16,26H,2,5-10H2,(H2,22,23,24,28)/t16-/m0/s1. The molecule has 0 radical (unpaired) electrons. The zero-order valence-corrected chi connectivity index (χ0v) is 15.9. The minimum absolute atomic E-state index is 0.0365. The summed E-state index contributed by atoms with van der Waals surface area (Å²) >= 11 is 0. The van der Waals surface area contributed by atoms with Crippen LogP contribution in [0.5, 0.6) is 5.75 Å². The van der Waals surface area contributed by atoms with Gasteiger partial charge in [0.15, 0.2) is 5.78 Å². The third kappa shape index (κ3) is 3.09. The number of ketones is 1. The summed E-state index contributed by atoms with van der Waals surface area (Å²) < 4.78 is 5.39. The number of rotatable bonds is 2. The number of benzene rings is 1. The zero-order valence-electron chi connectivity index (χ0n) is 15.9. The number of fused-ring (bicyclic) bond motifs is 1. The Labute approximate surface area is 167 Å². The van der Waals surface area contributed by atoms with Crippen LogP contribution >= 0.6 is 0 Å². The van der Waals surface area contributed by atoms with Gasteiger partial charge in [-0.05, 0) is 30.5 Å². The van der Waals surface area contributed by atoms with Gasteiger partial charge in [-0.2, -0.15) is 4.98 Å². The lowest BCUT2D eigenvalue weighted by molar-refractivity contribution is -0.116. The number of anilines is 2. The number of aromatic hydroxyl groups is 1. The number of ether oxygens (including phenoxy) is 1. The fourth-order valence-electron chi connectivity index (χ4n) is 4.41. The normalized spacial score (nSPS) is 21.4. The Balaban J connectivity index is 1.68. The van der Waals surface area contributed by atoms with Crippen LogP contribution in [0.3, 0.4) is 0 Å². The van der Waals surface area contributed by atoms with E-state index in [0.29, 0.717) is 61.2 Å². The number of hydrogen-bond donors (Lipinski definition) is 3. The number of nitrogens with one attached hydrogen (secondary N) is 2. The molecule has 1 saturated heterocycles. The molecule has 2 aromatic rings. The van der Waals surface area contributed by atoms with Crippen molar-refractivity contribution in [1.82, 2.24) is 9.97 Å². The van der Waals surface area contributed by atoms with E-state index in [1.54, 1.807) is 18.2 Å². The molecule has 0 saturated carbocycles. The summed E-state index contributed by atoms with van der Waals surface area (Å²) in [6, 6.07) is 6.75. The summed E-state index contributed by atoms with van der Waals surface area (Å²) in [7, 11) is 0. The van der Waals surface area contributed by atoms with Gasteiger partial charge < -0.3 is 20.1 Å². The van der Waals surface area contributed by atoms with E-state index in [0.717, 1.165) is 18.5 Å². The molecule has 1 aliphatic carbocycles. The summed E-state index contributed by atoms with van der Waals surface area (Å²) in [5.41, 5.74) is 2.29. The molecule has 0 spiro atoms. The molecule has 0 unspecified atom stereocenters. The van der Waals surface area contributed by atoms with E-state index < -0.39 is 5.92 Å². The minimum atomic E-state index is -0.545. The number of carbonyl (C=O) groups excluding carboxylic acids is 1. The third-order valence-corrected chi connectivity index (χ3v) is 5.76. The first-order valence-corrected chi connectivity index (χ1v) is 9.91. The largest absolute Gasteiger partial charge is 0.508 e. The lowest BCUT2D eigenvalue weighted by Crippen LogP contribution is -2.40. The average Bonchev–Trinajstić information content (AvgIpc) is 2.73. The topological polar surface area (TPSA) is 108 Å². The second-order valence-electron chi connectivity index (χ2n) is 7.57. The highest BCUT2D eigenvalue weighted by molar-refractivity contribution is 6.00. The highest BCUT2D eigenvalue weighted by Crippen LogP contribution is 2.43. The van der Waals surface area contributed by atoms with E-state index >= 15 is 0 Å². The van der Waals surface area contributed by atoms with Crippen LogP contribution in [0.2, 0.25) is 0 Å². The van der Waals surface area contributed by atoms with Gasteiger partial charge in [0.25, 0.3) is 5.56 Å². The average molecular weight is 394 g/mol. The van der Waals surface area contributed by atoms with Gasteiger partial charge >= 0.3 is 0 Å². The molecule has 5 rings (SSSR count). The number of aromatic amines is 1. The van der Waals surface area contributed by atoms with Crippen molar-refractivity contribution >= 4 is 17.5 Å². The molecule has 3 aliphatic rings. The van der Waals surface area contributed by atoms with E-state index in [1.165, 1.54) is 0 Å². The highest BCUT2D eigenvalue weighted by atomic mass is 16.5. The third-order valence-electron chi connectivity index (χ3n) is 5.76. The first-order valence-electron chi connectivity index (χ1n) is 9.91. The summed E-state index contributed by atoms with van der Waals surface area (Å²) in [6.45, 7) is 2.49. The second kappa shape index (κ2) is 7.04. The van der Waals surface area contributed by atoms with Gasteiger partial charge in [0.2, 0.25) is 5.95 Å². The Morgan fingerprint density at radius 2 is 2.00 bits per heavy atom. The lowest BCUT2D eigenvalue weighted by Gasteiger charge is -2.34. The van der Waals surface area contributed by atoms with Gasteiger partial charge in [0, 0.05) is 36.7 Å².